The molecule has 0 spiro atoms. The molecule has 1 aromatic carbocycles. The van der Waals surface area contributed by atoms with E-state index in [1.165, 1.54) is 10.5 Å². The first-order valence-electron chi connectivity index (χ1n) is 10.4. The summed E-state index contributed by atoms with van der Waals surface area (Å²) in [5.41, 5.74) is 3.11. The lowest BCUT2D eigenvalue weighted by atomic mass is 10.1. The summed E-state index contributed by atoms with van der Waals surface area (Å²) in [6.45, 7) is 6.13. The van der Waals surface area contributed by atoms with Crippen LogP contribution < -0.4 is 0 Å². The van der Waals surface area contributed by atoms with Crippen LogP contribution in [0.15, 0.2) is 42.7 Å². The number of imide groups is 1. The van der Waals surface area contributed by atoms with Gasteiger partial charge in [0.2, 0.25) is 5.91 Å². The number of amides is 3. The summed E-state index contributed by atoms with van der Waals surface area (Å²) in [6.07, 6.45) is 4.42. The molecule has 0 saturated carbocycles. The summed E-state index contributed by atoms with van der Waals surface area (Å²) < 4.78 is 0. The van der Waals surface area contributed by atoms with E-state index in [1.54, 1.807) is 24.5 Å². The number of carbonyl (C=O) groups excluding carboxylic acids is 3. The van der Waals surface area contributed by atoms with Gasteiger partial charge in [-0.15, -0.1) is 0 Å². The lowest BCUT2D eigenvalue weighted by molar-refractivity contribution is -0.133. The number of fused-ring (bicyclic) bond motifs is 1. The highest BCUT2D eigenvalue weighted by Gasteiger charge is 2.35. The molecule has 3 amide bonds. The monoisotopic (exact) mass is 406 g/mol. The molecule has 30 heavy (non-hydrogen) atoms. The molecule has 1 fully saturated rings. The SMILES string of the molecule is Cc1ccc2c(c1)C(=O)N(CCCC(=O)N1CCN(Cc3ccncc3)CC1)C2=O. The van der Waals surface area contributed by atoms with Crippen molar-refractivity contribution >= 4 is 17.7 Å². The van der Waals surface area contributed by atoms with E-state index < -0.39 is 0 Å². The summed E-state index contributed by atoms with van der Waals surface area (Å²) in [7, 11) is 0. The van der Waals surface area contributed by atoms with Gasteiger partial charge in [0.15, 0.2) is 0 Å². The Labute approximate surface area is 176 Å². The Bertz CT molecular complexity index is 952. The fraction of sp³-hybridized carbons (Fsp3) is 0.391. The summed E-state index contributed by atoms with van der Waals surface area (Å²) in [5.74, 6) is -0.422. The maximum atomic E-state index is 12.6. The molecule has 1 saturated heterocycles. The van der Waals surface area contributed by atoms with E-state index in [0.29, 0.717) is 37.1 Å². The average Bonchev–Trinajstić information content (AvgIpc) is 2.99. The maximum absolute atomic E-state index is 12.6. The third kappa shape index (κ3) is 4.26. The largest absolute Gasteiger partial charge is 0.340 e. The molecule has 0 radical (unpaired) electrons. The predicted octanol–water partition coefficient (Wildman–Crippen LogP) is 2.11. The molecule has 7 nitrogen and oxygen atoms in total. The number of aromatic nitrogens is 1. The van der Waals surface area contributed by atoms with Crippen LogP contribution in [0.1, 0.15) is 44.7 Å². The number of benzene rings is 1. The maximum Gasteiger partial charge on any atom is 0.261 e. The van der Waals surface area contributed by atoms with Crippen molar-refractivity contribution in [2.45, 2.75) is 26.3 Å². The van der Waals surface area contributed by atoms with Crippen LogP contribution in [0.2, 0.25) is 0 Å². The van der Waals surface area contributed by atoms with Gasteiger partial charge in [0.05, 0.1) is 11.1 Å². The van der Waals surface area contributed by atoms with Crippen molar-refractivity contribution in [1.82, 2.24) is 19.7 Å². The molecular weight excluding hydrogens is 380 g/mol. The number of piperazine rings is 1. The number of carbonyl (C=O) groups is 3. The normalized spacial score (nSPS) is 16.8. The molecule has 2 aromatic rings. The number of pyridine rings is 1. The number of nitrogens with zero attached hydrogens (tertiary/aromatic N) is 4. The van der Waals surface area contributed by atoms with Crippen molar-refractivity contribution in [3.8, 4) is 0 Å². The topological polar surface area (TPSA) is 73.8 Å². The second-order valence-corrected chi connectivity index (χ2v) is 7.93. The van der Waals surface area contributed by atoms with Crippen LogP contribution in [0, 0.1) is 6.92 Å². The molecule has 156 valence electrons. The zero-order chi connectivity index (χ0) is 21.1. The van der Waals surface area contributed by atoms with Crippen LogP contribution in [-0.2, 0) is 11.3 Å². The highest BCUT2D eigenvalue weighted by Crippen LogP contribution is 2.24. The Morgan fingerprint density at radius 1 is 0.967 bits per heavy atom. The molecule has 7 heteroatoms. The third-order valence-corrected chi connectivity index (χ3v) is 5.78. The summed E-state index contributed by atoms with van der Waals surface area (Å²) in [5, 5.41) is 0. The summed E-state index contributed by atoms with van der Waals surface area (Å²) >= 11 is 0. The fourth-order valence-corrected chi connectivity index (χ4v) is 4.06. The second kappa shape index (κ2) is 8.75. The Morgan fingerprint density at radius 3 is 2.40 bits per heavy atom. The molecule has 0 bridgehead atoms. The highest BCUT2D eigenvalue weighted by atomic mass is 16.2. The first-order chi connectivity index (χ1) is 14.5. The quantitative estimate of drug-likeness (QED) is 0.687. The van der Waals surface area contributed by atoms with Crippen LogP contribution in [-0.4, -0.2) is 70.1 Å². The van der Waals surface area contributed by atoms with Crippen LogP contribution in [0.4, 0.5) is 0 Å². The lowest BCUT2D eigenvalue weighted by Crippen LogP contribution is -2.48. The Balaban J connectivity index is 1.22. The third-order valence-electron chi connectivity index (χ3n) is 5.78. The van der Waals surface area contributed by atoms with Gasteiger partial charge < -0.3 is 4.90 Å². The number of hydrogen-bond acceptors (Lipinski definition) is 5. The van der Waals surface area contributed by atoms with E-state index in [-0.39, 0.29) is 24.3 Å². The van der Waals surface area contributed by atoms with Gasteiger partial charge >= 0.3 is 0 Å². The molecule has 1 aromatic heterocycles. The molecule has 0 N–H and O–H groups in total. The Kier molecular flexibility index (Phi) is 5.90. The number of hydrogen-bond donors (Lipinski definition) is 0. The average molecular weight is 406 g/mol. The van der Waals surface area contributed by atoms with Crippen molar-refractivity contribution in [3.05, 3.63) is 65.0 Å². The molecule has 2 aliphatic rings. The van der Waals surface area contributed by atoms with Crippen LogP contribution >= 0.6 is 0 Å². The molecule has 0 aliphatic carbocycles. The fourth-order valence-electron chi connectivity index (χ4n) is 4.06. The second-order valence-electron chi connectivity index (χ2n) is 7.93. The van der Waals surface area contributed by atoms with Gasteiger partial charge in [-0.05, 0) is 43.2 Å². The zero-order valence-electron chi connectivity index (χ0n) is 17.2. The van der Waals surface area contributed by atoms with Gasteiger partial charge in [0.25, 0.3) is 11.8 Å². The Morgan fingerprint density at radius 2 is 1.67 bits per heavy atom. The van der Waals surface area contributed by atoms with Crippen molar-refractivity contribution in [2.75, 3.05) is 32.7 Å². The molecule has 3 heterocycles. The van der Waals surface area contributed by atoms with Gasteiger partial charge in [0, 0.05) is 58.1 Å². The van der Waals surface area contributed by atoms with Gasteiger partial charge in [-0.3, -0.25) is 29.2 Å². The van der Waals surface area contributed by atoms with Gasteiger partial charge in [0.1, 0.15) is 0 Å². The van der Waals surface area contributed by atoms with E-state index >= 15 is 0 Å². The van der Waals surface area contributed by atoms with Crippen molar-refractivity contribution in [2.24, 2.45) is 0 Å². The zero-order valence-corrected chi connectivity index (χ0v) is 17.2. The highest BCUT2D eigenvalue weighted by molar-refractivity contribution is 6.21. The standard InChI is InChI=1S/C23H26N4O3/c1-17-4-5-19-20(15-17)23(30)27(22(19)29)10-2-3-21(28)26-13-11-25(12-14-26)16-18-6-8-24-9-7-18/h4-9,15H,2-3,10-14,16H2,1H3. The van der Waals surface area contributed by atoms with Crippen LogP contribution in [0.5, 0.6) is 0 Å². The summed E-state index contributed by atoms with van der Waals surface area (Å²) in [6, 6.07) is 9.33. The van der Waals surface area contributed by atoms with Crippen molar-refractivity contribution in [1.29, 1.82) is 0 Å². The number of aryl methyl sites for hydroxylation is 1. The van der Waals surface area contributed by atoms with E-state index in [4.69, 9.17) is 0 Å². The minimum absolute atomic E-state index is 0.0889. The van der Waals surface area contributed by atoms with E-state index in [9.17, 15) is 14.4 Å². The first-order valence-corrected chi connectivity index (χ1v) is 10.4. The van der Waals surface area contributed by atoms with Crippen molar-refractivity contribution < 1.29 is 14.4 Å². The lowest BCUT2D eigenvalue weighted by Gasteiger charge is -2.35. The molecule has 4 rings (SSSR count). The minimum atomic E-state index is -0.257. The minimum Gasteiger partial charge on any atom is -0.340 e. The predicted molar refractivity (Wildman–Crippen MR) is 112 cm³/mol. The smallest absolute Gasteiger partial charge is 0.261 e. The van der Waals surface area contributed by atoms with Gasteiger partial charge in [-0.25, -0.2) is 0 Å². The van der Waals surface area contributed by atoms with Crippen LogP contribution in [0.25, 0.3) is 0 Å². The first kappa shape index (κ1) is 20.2. The number of rotatable bonds is 6. The molecular formula is C23H26N4O3. The van der Waals surface area contributed by atoms with Gasteiger partial charge in [-0.1, -0.05) is 11.6 Å². The van der Waals surface area contributed by atoms with Gasteiger partial charge in [-0.2, -0.15) is 0 Å². The van der Waals surface area contributed by atoms with Crippen molar-refractivity contribution in [3.63, 3.8) is 0 Å². The van der Waals surface area contributed by atoms with E-state index in [0.717, 1.165) is 25.2 Å². The molecule has 0 atom stereocenters. The van der Waals surface area contributed by atoms with Crippen LogP contribution in [0.3, 0.4) is 0 Å². The Hall–Kier alpha value is -3.06. The summed E-state index contributed by atoms with van der Waals surface area (Å²) in [4.78, 5) is 47.1. The van der Waals surface area contributed by atoms with E-state index in [1.807, 2.05) is 30.0 Å². The van der Waals surface area contributed by atoms with E-state index in [2.05, 4.69) is 9.88 Å². The molecule has 2 aliphatic heterocycles. The molecule has 0 unspecified atom stereocenters.